The summed E-state index contributed by atoms with van der Waals surface area (Å²) in [4.78, 5) is 14.5. The van der Waals surface area contributed by atoms with Crippen molar-refractivity contribution in [2.45, 2.75) is 142 Å². The van der Waals surface area contributed by atoms with E-state index in [1.807, 2.05) is 13.8 Å². The number of hydrogen-bond donors (Lipinski definition) is 7. The Morgan fingerprint density at radius 3 is 2.24 bits per heavy atom. The Bertz CT molecular complexity index is 1480. The quantitative estimate of drug-likeness (QED) is 0.119. The number of rotatable bonds is 6. The van der Waals surface area contributed by atoms with Crippen LogP contribution in [-0.2, 0) is 28.9 Å². The monoisotopic (exact) mass is 730 g/mol. The lowest BCUT2D eigenvalue weighted by atomic mass is 9.33. The van der Waals surface area contributed by atoms with E-state index in [0.717, 1.165) is 18.4 Å². The second-order valence-electron chi connectivity index (χ2n) is 17.9. The van der Waals surface area contributed by atoms with Gasteiger partial charge in [-0.15, -0.1) is 0 Å². The van der Waals surface area contributed by atoms with Crippen LogP contribution < -0.4 is 0 Å². The first-order valence-corrected chi connectivity index (χ1v) is 19.6. The van der Waals surface area contributed by atoms with Crippen LogP contribution in [0.2, 0.25) is 0 Å². The number of carbonyl (C=O) groups excluding carboxylic acids is 1. The average Bonchev–Trinajstić information content (AvgIpc) is 3.04. The third-order valence-electron chi connectivity index (χ3n) is 15.8. The van der Waals surface area contributed by atoms with E-state index in [1.165, 1.54) is 0 Å². The maximum Gasteiger partial charge on any atom is 0.397 e. The van der Waals surface area contributed by atoms with E-state index in [-0.39, 0.29) is 35.2 Å². The van der Waals surface area contributed by atoms with Crippen molar-refractivity contribution in [3.8, 4) is 0 Å². The third-order valence-corrected chi connectivity index (χ3v) is 16.3. The Morgan fingerprint density at radius 1 is 0.920 bits per heavy atom. The number of esters is 1. The number of aliphatic hydroxyl groups is 6. The van der Waals surface area contributed by atoms with Crippen molar-refractivity contribution >= 4 is 16.4 Å². The molecule has 0 radical (unpaired) electrons. The summed E-state index contributed by atoms with van der Waals surface area (Å²) in [6.07, 6.45) is -1.20. The van der Waals surface area contributed by atoms with Crippen LogP contribution in [0, 0.1) is 50.7 Å². The van der Waals surface area contributed by atoms with Crippen LogP contribution in [0.5, 0.6) is 0 Å². The minimum absolute atomic E-state index is 0.0915. The second kappa shape index (κ2) is 12.4. The van der Waals surface area contributed by atoms with Crippen LogP contribution >= 0.6 is 0 Å². The predicted octanol–water partition coefficient (Wildman–Crippen LogP) is 2.26. The van der Waals surface area contributed by atoms with Gasteiger partial charge in [-0.2, -0.15) is 8.42 Å². The van der Waals surface area contributed by atoms with E-state index in [4.69, 9.17) is 13.7 Å². The van der Waals surface area contributed by atoms with Gasteiger partial charge in [0.1, 0.15) is 24.4 Å². The van der Waals surface area contributed by atoms with Crippen molar-refractivity contribution in [2.75, 3.05) is 13.2 Å². The number of allylic oxidation sites excluding steroid dienone is 1. The highest BCUT2D eigenvalue weighted by Gasteiger charge is 2.72. The molecule has 1 heterocycles. The van der Waals surface area contributed by atoms with Crippen molar-refractivity contribution in [1.82, 2.24) is 0 Å². The molecular formula is C36H58O13S. The minimum Gasteiger partial charge on any atom is -0.432 e. The maximum absolute atomic E-state index is 14.5. The fraction of sp³-hybridized carbons (Fsp3) is 0.917. The Kier molecular flexibility index (Phi) is 9.57. The summed E-state index contributed by atoms with van der Waals surface area (Å²) in [6.45, 7) is 11.5. The van der Waals surface area contributed by atoms with Crippen LogP contribution in [0.25, 0.3) is 0 Å². The molecule has 4 saturated carbocycles. The largest absolute Gasteiger partial charge is 0.432 e. The van der Waals surface area contributed by atoms with Gasteiger partial charge in [0.05, 0.1) is 30.3 Å². The lowest BCUT2D eigenvalue weighted by molar-refractivity contribution is -0.299. The van der Waals surface area contributed by atoms with E-state index < -0.39 is 87.5 Å². The summed E-state index contributed by atoms with van der Waals surface area (Å²) in [7, 11) is -4.70. The fourth-order valence-corrected chi connectivity index (χ4v) is 12.8. The Balaban J connectivity index is 1.37. The van der Waals surface area contributed by atoms with Gasteiger partial charge in [0.2, 0.25) is 6.29 Å². The molecule has 13 nitrogen and oxygen atoms in total. The topological polar surface area (TPSA) is 221 Å². The van der Waals surface area contributed by atoms with E-state index in [2.05, 4.69) is 26.8 Å². The number of fused-ring (bicyclic) bond motifs is 7. The molecule has 0 spiro atoms. The number of ether oxygens (including phenoxy) is 2. The van der Waals surface area contributed by atoms with E-state index in [9.17, 15) is 48.4 Å². The maximum atomic E-state index is 14.5. The van der Waals surface area contributed by atoms with Crippen molar-refractivity contribution in [3.05, 3.63) is 11.6 Å². The minimum atomic E-state index is -4.70. The van der Waals surface area contributed by atoms with Gasteiger partial charge in [0, 0.05) is 11.3 Å². The molecule has 0 aromatic carbocycles. The summed E-state index contributed by atoms with van der Waals surface area (Å²) < 4.78 is 49.1. The molecule has 5 fully saturated rings. The van der Waals surface area contributed by atoms with Crippen molar-refractivity contribution in [3.63, 3.8) is 0 Å². The molecule has 3 unspecified atom stereocenters. The molecule has 14 heteroatoms. The first kappa shape index (κ1) is 38.5. The summed E-state index contributed by atoms with van der Waals surface area (Å²) in [5, 5.41) is 64.8. The molecular weight excluding hydrogens is 672 g/mol. The number of carbonyl (C=O) groups is 1. The summed E-state index contributed by atoms with van der Waals surface area (Å²) >= 11 is 0. The average molecular weight is 731 g/mol. The molecule has 6 rings (SSSR count). The molecule has 0 amide bonds. The number of hydrogen-bond acceptors (Lipinski definition) is 12. The van der Waals surface area contributed by atoms with Crippen molar-refractivity contribution in [1.29, 1.82) is 0 Å². The Morgan fingerprint density at radius 2 is 1.60 bits per heavy atom. The van der Waals surface area contributed by atoms with Gasteiger partial charge in [-0.3, -0.25) is 9.35 Å². The highest BCUT2D eigenvalue weighted by molar-refractivity contribution is 7.80. The Hall–Kier alpha value is -1.20. The van der Waals surface area contributed by atoms with Crippen LogP contribution in [0.4, 0.5) is 0 Å². The summed E-state index contributed by atoms with van der Waals surface area (Å²) in [6, 6.07) is 0. The summed E-state index contributed by atoms with van der Waals surface area (Å²) in [5.41, 5.74) is -3.41. The summed E-state index contributed by atoms with van der Waals surface area (Å²) in [5.74, 6) is -1.39. The first-order chi connectivity index (χ1) is 23.0. The normalized spacial score (nSPS) is 53.6. The van der Waals surface area contributed by atoms with Gasteiger partial charge < -0.3 is 40.1 Å². The smallest absolute Gasteiger partial charge is 0.397 e. The predicted molar refractivity (Wildman–Crippen MR) is 178 cm³/mol. The van der Waals surface area contributed by atoms with Gasteiger partial charge >= 0.3 is 16.4 Å². The van der Waals surface area contributed by atoms with E-state index in [1.54, 1.807) is 6.92 Å². The molecule has 286 valence electrons. The molecule has 1 saturated heterocycles. The fourth-order valence-electron chi connectivity index (χ4n) is 12.4. The van der Waals surface area contributed by atoms with Crippen molar-refractivity contribution in [2.24, 2.45) is 50.7 Å². The standard InChI is InChI=1S/C36H58O13S/c1-19-9-14-36(30(42)49-29-27(41)26(40)25(39)21(17-37)48-29)16-15-33(4)20(28(36)35(19,6)43)7-8-23-31(2)12-11-24(38)32(3,18-47-50(44,45)46)22(31)10-13-34(23,33)5/h7,19,21-29,37-41,43H,8-18H2,1-6H3,(H,44,45,46)/t19-,21-,22?,23?,24+,25-,26+,27-,28?,29+,31+,32+,33-,34-,35-,36+/m1/s1. The molecule has 0 aromatic rings. The zero-order chi connectivity index (χ0) is 37.0. The molecule has 5 aliphatic carbocycles. The van der Waals surface area contributed by atoms with Gasteiger partial charge in [-0.05, 0) is 98.7 Å². The molecule has 50 heavy (non-hydrogen) atoms. The van der Waals surface area contributed by atoms with Gasteiger partial charge in [-0.1, -0.05) is 46.3 Å². The molecule has 0 aromatic heterocycles. The van der Waals surface area contributed by atoms with Gasteiger partial charge in [0.15, 0.2) is 0 Å². The first-order valence-electron chi connectivity index (χ1n) is 18.3. The van der Waals surface area contributed by atoms with E-state index in [0.29, 0.717) is 44.9 Å². The molecule has 16 atom stereocenters. The van der Waals surface area contributed by atoms with Crippen LogP contribution in [-0.4, -0.2) is 105 Å². The van der Waals surface area contributed by atoms with Crippen LogP contribution in [0.15, 0.2) is 11.6 Å². The van der Waals surface area contributed by atoms with E-state index >= 15 is 0 Å². The highest BCUT2D eigenvalue weighted by atomic mass is 32.3. The van der Waals surface area contributed by atoms with Crippen molar-refractivity contribution < 1.29 is 62.1 Å². The third kappa shape index (κ3) is 5.40. The van der Waals surface area contributed by atoms with Crippen LogP contribution in [0.3, 0.4) is 0 Å². The molecule has 6 aliphatic rings. The van der Waals surface area contributed by atoms with Gasteiger partial charge in [0.25, 0.3) is 0 Å². The molecule has 7 N–H and O–H groups in total. The Labute approximate surface area is 295 Å². The second-order valence-corrected chi connectivity index (χ2v) is 19.0. The zero-order valence-electron chi connectivity index (χ0n) is 30.1. The lowest BCUT2D eigenvalue weighted by Gasteiger charge is -2.72. The molecule has 1 aliphatic heterocycles. The van der Waals surface area contributed by atoms with Crippen LogP contribution in [0.1, 0.15) is 99.3 Å². The SMILES string of the molecule is C[C@@H]1CC[C@]2(C(=O)O[C@@H]3O[C@H](CO)[C@@H](O)[C@H](O)[C@H]3O)CC[C@]3(C)C(=CCC4[C@@]5(C)CC[C@H](O)[C@@](C)(COS(=O)(=O)O)C5CC[C@]43C)C2[C@]1(C)O. The number of aliphatic hydroxyl groups excluding tert-OH is 5. The molecule has 0 bridgehead atoms. The lowest BCUT2D eigenvalue weighted by Crippen LogP contribution is -2.68. The highest BCUT2D eigenvalue weighted by Crippen LogP contribution is 2.76. The van der Waals surface area contributed by atoms with Gasteiger partial charge in [-0.25, -0.2) is 4.18 Å². The zero-order valence-corrected chi connectivity index (χ0v) is 30.9.